The lowest BCUT2D eigenvalue weighted by molar-refractivity contribution is 1.13. The van der Waals surface area contributed by atoms with Gasteiger partial charge >= 0.3 is 0 Å². The van der Waals surface area contributed by atoms with E-state index in [0.29, 0.717) is 0 Å². The Morgan fingerprint density at radius 2 is 1.30 bits per heavy atom. The molecule has 0 aliphatic heterocycles. The van der Waals surface area contributed by atoms with Crippen LogP contribution in [0.25, 0.3) is 10.9 Å². The number of hydrogen-bond donors (Lipinski definition) is 0. The summed E-state index contributed by atoms with van der Waals surface area (Å²) in [4.78, 5) is 15.4. The summed E-state index contributed by atoms with van der Waals surface area (Å²) in [6.07, 6.45) is 5.37. The topological polar surface area (TPSA) is 41.9 Å². The van der Waals surface area contributed by atoms with Crippen LogP contribution in [-0.2, 0) is 0 Å². The summed E-state index contributed by atoms with van der Waals surface area (Å²) >= 11 is 0. The fraction of sp³-hybridized carbons (Fsp3) is 0. The first-order valence-corrected chi connectivity index (χ1v) is 7.39. The molecule has 0 atom stereocenters. The van der Waals surface area contributed by atoms with E-state index in [9.17, 15) is 0 Å². The molecule has 0 spiro atoms. The van der Waals surface area contributed by atoms with E-state index >= 15 is 0 Å². The number of hydrogen-bond acceptors (Lipinski definition) is 4. The molecule has 1 aromatic carbocycles. The van der Waals surface area contributed by atoms with Gasteiger partial charge in [-0.25, -0.2) is 9.97 Å². The predicted molar refractivity (Wildman–Crippen MR) is 92.0 cm³/mol. The molecule has 3 heterocycles. The zero-order valence-corrected chi connectivity index (χ0v) is 12.4. The Kier molecular flexibility index (Phi) is 3.41. The molecule has 0 unspecified atom stereocenters. The maximum Gasteiger partial charge on any atom is 0.138 e. The Labute approximate surface area is 134 Å². The Morgan fingerprint density at radius 1 is 0.609 bits per heavy atom. The molecule has 4 aromatic rings. The van der Waals surface area contributed by atoms with Crippen molar-refractivity contribution in [3.8, 4) is 0 Å². The first-order chi connectivity index (χ1) is 11.4. The maximum atomic E-state index is 4.48. The van der Waals surface area contributed by atoms with Crippen LogP contribution in [0.1, 0.15) is 0 Å². The van der Waals surface area contributed by atoms with Gasteiger partial charge in [-0.15, -0.1) is 0 Å². The molecule has 0 saturated heterocycles. The molecule has 110 valence electrons. The number of aromatic nitrogens is 3. The molecule has 3 aromatic heterocycles. The summed E-state index contributed by atoms with van der Waals surface area (Å²) in [6, 6.07) is 21.9. The van der Waals surface area contributed by atoms with Gasteiger partial charge in [0.1, 0.15) is 11.6 Å². The first-order valence-electron chi connectivity index (χ1n) is 7.39. The van der Waals surface area contributed by atoms with E-state index in [2.05, 4.69) is 27.1 Å². The standard InChI is InChI=1S/C19H14N4/c1-3-11-21-18(7-1)23(19-8-2-4-12-22-19)16-9-10-17-15(14-16)6-5-13-20-17/h1-14H. The minimum atomic E-state index is 0.828. The minimum Gasteiger partial charge on any atom is -0.279 e. The van der Waals surface area contributed by atoms with Gasteiger partial charge in [-0.2, -0.15) is 0 Å². The SMILES string of the molecule is c1ccc(N(c2ccc3ncccc3c2)c2ccccn2)nc1. The average Bonchev–Trinajstić information content (AvgIpc) is 2.64. The lowest BCUT2D eigenvalue weighted by atomic mass is 10.2. The monoisotopic (exact) mass is 298 g/mol. The highest BCUT2D eigenvalue weighted by molar-refractivity contribution is 5.85. The maximum absolute atomic E-state index is 4.48. The molecule has 23 heavy (non-hydrogen) atoms. The zero-order valence-electron chi connectivity index (χ0n) is 12.4. The van der Waals surface area contributed by atoms with Gasteiger partial charge in [0.25, 0.3) is 0 Å². The normalized spacial score (nSPS) is 10.6. The molecule has 0 aliphatic rings. The summed E-state index contributed by atoms with van der Waals surface area (Å²) in [5.41, 5.74) is 1.97. The van der Waals surface area contributed by atoms with Crippen LogP contribution in [0.3, 0.4) is 0 Å². The van der Waals surface area contributed by atoms with E-state index in [0.717, 1.165) is 28.2 Å². The second-order valence-corrected chi connectivity index (χ2v) is 5.09. The summed E-state index contributed by atoms with van der Waals surface area (Å²) in [5, 5.41) is 1.09. The number of pyridine rings is 3. The van der Waals surface area contributed by atoms with Crippen LogP contribution in [0.4, 0.5) is 17.3 Å². The highest BCUT2D eigenvalue weighted by Gasteiger charge is 2.14. The summed E-state index contributed by atoms with van der Waals surface area (Å²) in [5.74, 6) is 1.66. The van der Waals surface area contributed by atoms with Crippen molar-refractivity contribution >= 4 is 28.2 Å². The van der Waals surface area contributed by atoms with Crippen molar-refractivity contribution in [2.75, 3.05) is 4.90 Å². The summed E-state index contributed by atoms with van der Waals surface area (Å²) in [7, 11) is 0. The average molecular weight is 298 g/mol. The third kappa shape index (κ3) is 2.62. The number of nitrogens with zero attached hydrogens (tertiary/aromatic N) is 4. The summed E-state index contributed by atoms with van der Waals surface area (Å²) in [6.45, 7) is 0. The molecule has 0 amide bonds. The molecule has 0 radical (unpaired) electrons. The zero-order chi connectivity index (χ0) is 15.5. The smallest absolute Gasteiger partial charge is 0.138 e. The van der Waals surface area contributed by atoms with Crippen LogP contribution in [0, 0.1) is 0 Å². The predicted octanol–water partition coefficient (Wildman–Crippen LogP) is 4.49. The Balaban J connectivity index is 1.90. The van der Waals surface area contributed by atoms with Crippen molar-refractivity contribution in [2.45, 2.75) is 0 Å². The van der Waals surface area contributed by atoms with Gasteiger partial charge in [-0.1, -0.05) is 18.2 Å². The van der Waals surface area contributed by atoms with Gasteiger partial charge in [0.15, 0.2) is 0 Å². The third-order valence-corrected chi connectivity index (χ3v) is 3.60. The number of benzene rings is 1. The second kappa shape index (κ2) is 5.85. The van der Waals surface area contributed by atoms with E-state index in [-0.39, 0.29) is 0 Å². The van der Waals surface area contributed by atoms with Crippen LogP contribution < -0.4 is 4.90 Å². The molecule has 0 bridgehead atoms. The van der Waals surface area contributed by atoms with E-state index in [1.54, 1.807) is 18.6 Å². The highest BCUT2D eigenvalue weighted by atomic mass is 15.2. The van der Waals surface area contributed by atoms with Crippen LogP contribution in [0.15, 0.2) is 85.3 Å². The third-order valence-electron chi connectivity index (χ3n) is 3.60. The molecular formula is C19H14N4. The molecule has 0 N–H and O–H groups in total. The van der Waals surface area contributed by atoms with E-state index in [4.69, 9.17) is 0 Å². The fourth-order valence-electron chi connectivity index (χ4n) is 2.56. The first kappa shape index (κ1) is 13.4. The van der Waals surface area contributed by atoms with Gasteiger partial charge in [0.2, 0.25) is 0 Å². The highest BCUT2D eigenvalue weighted by Crippen LogP contribution is 2.32. The quantitative estimate of drug-likeness (QED) is 0.558. The number of anilines is 3. The molecule has 4 nitrogen and oxygen atoms in total. The van der Waals surface area contributed by atoms with Crippen molar-refractivity contribution in [3.63, 3.8) is 0 Å². The van der Waals surface area contributed by atoms with Crippen LogP contribution in [0.5, 0.6) is 0 Å². The number of rotatable bonds is 3. The second-order valence-electron chi connectivity index (χ2n) is 5.09. The van der Waals surface area contributed by atoms with Crippen LogP contribution in [0.2, 0.25) is 0 Å². The van der Waals surface area contributed by atoms with Gasteiger partial charge in [-0.3, -0.25) is 9.88 Å². The van der Waals surface area contributed by atoms with Crippen molar-refractivity contribution in [1.82, 2.24) is 15.0 Å². The molecular weight excluding hydrogens is 284 g/mol. The van der Waals surface area contributed by atoms with E-state index in [1.807, 2.05) is 59.5 Å². The Hall–Kier alpha value is -3.27. The van der Waals surface area contributed by atoms with E-state index < -0.39 is 0 Å². The lowest BCUT2D eigenvalue weighted by Gasteiger charge is -2.23. The largest absolute Gasteiger partial charge is 0.279 e. The van der Waals surface area contributed by atoms with Crippen LogP contribution >= 0.6 is 0 Å². The van der Waals surface area contributed by atoms with Crippen molar-refractivity contribution in [3.05, 3.63) is 85.3 Å². The van der Waals surface area contributed by atoms with Crippen molar-refractivity contribution < 1.29 is 0 Å². The Bertz CT molecular complexity index is 884. The van der Waals surface area contributed by atoms with Gasteiger partial charge in [0, 0.05) is 29.7 Å². The number of fused-ring (bicyclic) bond motifs is 1. The lowest BCUT2D eigenvalue weighted by Crippen LogP contribution is -2.12. The molecule has 0 aliphatic carbocycles. The minimum absolute atomic E-state index is 0.828. The van der Waals surface area contributed by atoms with Gasteiger partial charge in [0.05, 0.1) is 5.52 Å². The van der Waals surface area contributed by atoms with Gasteiger partial charge < -0.3 is 0 Å². The molecule has 0 saturated carbocycles. The molecule has 4 heteroatoms. The summed E-state index contributed by atoms with van der Waals surface area (Å²) < 4.78 is 0. The fourth-order valence-corrected chi connectivity index (χ4v) is 2.56. The molecule has 4 rings (SSSR count). The van der Waals surface area contributed by atoms with Crippen molar-refractivity contribution in [1.29, 1.82) is 0 Å². The van der Waals surface area contributed by atoms with E-state index in [1.165, 1.54) is 0 Å². The van der Waals surface area contributed by atoms with Crippen molar-refractivity contribution in [2.24, 2.45) is 0 Å². The molecule has 0 fully saturated rings. The Morgan fingerprint density at radius 3 is 1.96 bits per heavy atom. The van der Waals surface area contributed by atoms with Crippen LogP contribution in [-0.4, -0.2) is 15.0 Å². The van der Waals surface area contributed by atoms with Gasteiger partial charge in [-0.05, 0) is 48.5 Å².